The van der Waals surface area contributed by atoms with Crippen molar-refractivity contribution in [1.29, 1.82) is 0 Å². The highest BCUT2D eigenvalue weighted by molar-refractivity contribution is 7.84. The number of nitrogens with zero attached hydrogens (tertiary/aromatic N) is 1. The summed E-state index contributed by atoms with van der Waals surface area (Å²) in [7, 11) is 1.52. The van der Waals surface area contributed by atoms with Crippen molar-refractivity contribution in [2.45, 2.75) is 38.6 Å². The van der Waals surface area contributed by atoms with Crippen molar-refractivity contribution in [2.75, 3.05) is 31.6 Å². The van der Waals surface area contributed by atoms with Gasteiger partial charge in [0.25, 0.3) is 0 Å². The van der Waals surface area contributed by atoms with E-state index in [0.717, 1.165) is 17.9 Å². The average molecular weight is 246 g/mol. The van der Waals surface area contributed by atoms with Gasteiger partial charge in [-0.15, -0.1) is 0 Å². The lowest BCUT2D eigenvalue weighted by Crippen LogP contribution is -2.37. The van der Waals surface area contributed by atoms with E-state index in [1.165, 1.54) is 25.8 Å². The molecule has 0 amide bonds. The zero-order valence-electron chi connectivity index (χ0n) is 10.7. The zero-order valence-corrected chi connectivity index (χ0v) is 11.5. The van der Waals surface area contributed by atoms with E-state index in [2.05, 4.69) is 18.9 Å². The quantitative estimate of drug-likeness (QED) is 0.766. The van der Waals surface area contributed by atoms with E-state index >= 15 is 0 Å². The molecule has 3 nitrogen and oxygen atoms in total. The first-order valence-corrected chi connectivity index (χ1v) is 7.87. The van der Waals surface area contributed by atoms with E-state index in [1.54, 1.807) is 0 Å². The van der Waals surface area contributed by atoms with Crippen LogP contribution in [0.15, 0.2) is 0 Å². The van der Waals surface area contributed by atoms with Crippen molar-refractivity contribution in [1.82, 2.24) is 4.90 Å². The van der Waals surface area contributed by atoms with Gasteiger partial charge in [0, 0.05) is 28.3 Å². The smallest absolute Gasteiger partial charge is 0.0272 e. The van der Waals surface area contributed by atoms with E-state index in [0.29, 0.717) is 18.5 Å². The van der Waals surface area contributed by atoms with Gasteiger partial charge in [0.2, 0.25) is 0 Å². The Labute approximate surface area is 102 Å². The highest BCUT2D eigenvalue weighted by Gasteiger charge is 2.19. The molecule has 1 aliphatic heterocycles. The molecule has 2 N–H and O–H groups in total. The average Bonchev–Trinajstić information content (AvgIpc) is 2.28. The maximum atomic E-state index is 11.8. The second kappa shape index (κ2) is 7.41. The number of rotatable bonds is 6. The van der Waals surface area contributed by atoms with Crippen LogP contribution in [0.1, 0.15) is 32.6 Å². The van der Waals surface area contributed by atoms with Crippen LogP contribution in [0.25, 0.3) is 0 Å². The molecular weight excluding hydrogens is 220 g/mol. The van der Waals surface area contributed by atoms with E-state index < -0.39 is 10.8 Å². The molecule has 1 rings (SSSR count). The summed E-state index contributed by atoms with van der Waals surface area (Å²) in [6.07, 6.45) is 5.02. The Bertz CT molecular complexity index is 223. The van der Waals surface area contributed by atoms with Crippen LogP contribution in [0.5, 0.6) is 0 Å². The van der Waals surface area contributed by atoms with Gasteiger partial charge in [-0.25, -0.2) is 0 Å². The third-order valence-corrected chi connectivity index (χ3v) is 5.10. The Kier molecular flexibility index (Phi) is 6.54. The summed E-state index contributed by atoms with van der Waals surface area (Å²) in [6, 6.07) is 0.658. The molecule has 0 aromatic carbocycles. The molecule has 4 heteroatoms. The number of piperidine rings is 1. The number of hydrogen-bond donors (Lipinski definition) is 1. The highest BCUT2D eigenvalue weighted by atomic mass is 32.2. The largest absolute Gasteiger partial charge is 0.330 e. The topological polar surface area (TPSA) is 46.3 Å². The number of hydrogen-bond acceptors (Lipinski definition) is 3. The fourth-order valence-electron chi connectivity index (χ4n) is 2.25. The van der Waals surface area contributed by atoms with Gasteiger partial charge >= 0.3 is 0 Å². The maximum absolute atomic E-state index is 11.8. The van der Waals surface area contributed by atoms with Crippen molar-refractivity contribution >= 4 is 10.8 Å². The van der Waals surface area contributed by atoms with E-state index in [9.17, 15) is 4.21 Å². The van der Waals surface area contributed by atoms with Gasteiger partial charge in [0.15, 0.2) is 0 Å². The minimum absolute atomic E-state index is 0.393. The lowest BCUT2D eigenvalue weighted by molar-refractivity contribution is 0.182. The van der Waals surface area contributed by atoms with Gasteiger partial charge in [-0.2, -0.15) is 0 Å². The van der Waals surface area contributed by atoms with Crippen LogP contribution < -0.4 is 5.73 Å². The third-order valence-electron chi connectivity index (χ3n) is 3.47. The van der Waals surface area contributed by atoms with Gasteiger partial charge in [-0.3, -0.25) is 4.21 Å². The van der Waals surface area contributed by atoms with Crippen molar-refractivity contribution in [3.05, 3.63) is 0 Å². The molecule has 3 unspecified atom stereocenters. The monoisotopic (exact) mass is 246 g/mol. The van der Waals surface area contributed by atoms with Crippen LogP contribution in [0, 0.1) is 5.92 Å². The van der Waals surface area contributed by atoms with Crippen LogP contribution in [0.3, 0.4) is 0 Å². The second-order valence-corrected chi connectivity index (χ2v) is 6.69. The molecule has 0 aromatic heterocycles. The van der Waals surface area contributed by atoms with Crippen LogP contribution in [0.4, 0.5) is 0 Å². The van der Waals surface area contributed by atoms with Crippen molar-refractivity contribution in [3.63, 3.8) is 0 Å². The molecule has 0 aliphatic carbocycles. The summed E-state index contributed by atoms with van der Waals surface area (Å²) in [5, 5.41) is 0. The molecule has 1 aliphatic rings. The first-order valence-electron chi connectivity index (χ1n) is 6.38. The lowest BCUT2D eigenvalue weighted by Gasteiger charge is -2.32. The molecule has 96 valence electrons. The van der Waals surface area contributed by atoms with Gasteiger partial charge in [0.05, 0.1) is 0 Å². The SMILES string of the molecule is CC(CN)CS(=O)CCC1CCCCN1C. The van der Waals surface area contributed by atoms with E-state index in [1.807, 2.05) is 0 Å². The molecule has 0 radical (unpaired) electrons. The summed E-state index contributed by atoms with van der Waals surface area (Å²) in [6.45, 7) is 3.93. The predicted molar refractivity (Wildman–Crippen MR) is 71.0 cm³/mol. The third kappa shape index (κ3) is 4.93. The Morgan fingerprint density at radius 2 is 2.25 bits per heavy atom. The fourth-order valence-corrected chi connectivity index (χ4v) is 3.72. The standard InChI is InChI=1S/C12H26N2OS/c1-11(9-13)10-16(15)8-6-12-5-3-4-7-14(12)2/h11-12H,3-10,13H2,1-2H3. The van der Waals surface area contributed by atoms with Crippen LogP contribution in [-0.4, -0.2) is 46.8 Å². The molecule has 1 saturated heterocycles. The van der Waals surface area contributed by atoms with Crippen molar-refractivity contribution in [3.8, 4) is 0 Å². The zero-order chi connectivity index (χ0) is 12.0. The molecule has 1 heterocycles. The summed E-state index contributed by atoms with van der Waals surface area (Å²) in [5.41, 5.74) is 5.54. The minimum Gasteiger partial charge on any atom is -0.330 e. The number of likely N-dealkylation sites (tertiary alicyclic amines) is 1. The van der Waals surface area contributed by atoms with Crippen LogP contribution >= 0.6 is 0 Å². The first kappa shape index (κ1) is 14.1. The van der Waals surface area contributed by atoms with E-state index in [-0.39, 0.29) is 0 Å². The van der Waals surface area contributed by atoms with Gasteiger partial charge in [-0.05, 0) is 45.3 Å². The summed E-state index contributed by atoms with van der Waals surface area (Å²) in [4.78, 5) is 2.42. The Morgan fingerprint density at radius 3 is 2.88 bits per heavy atom. The second-order valence-electron chi connectivity index (χ2n) is 5.07. The molecule has 0 aromatic rings. The molecule has 0 saturated carbocycles. The first-order chi connectivity index (χ1) is 7.63. The lowest BCUT2D eigenvalue weighted by atomic mass is 10.0. The molecule has 16 heavy (non-hydrogen) atoms. The normalized spacial score (nSPS) is 26.6. The molecular formula is C12H26N2OS. The molecule has 0 spiro atoms. The summed E-state index contributed by atoms with van der Waals surface area (Å²) in [5.74, 6) is 2.01. The summed E-state index contributed by atoms with van der Waals surface area (Å²) < 4.78 is 11.8. The van der Waals surface area contributed by atoms with Crippen molar-refractivity contribution < 1.29 is 4.21 Å². The predicted octanol–water partition coefficient (Wildman–Crippen LogP) is 1.20. The molecule has 1 fully saturated rings. The fraction of sp³-hybridized carbons (Fsp3) is 1.00. The maximum Gasteiger partial charge on any atom is 0.0272 e. The molecule has 3 atom stereocenters. The minimum atomic E-state index is -0.673. The Hall–Kier alpha value is 0.0700. The van der Waals surface area contributed by atoms with Gasteiger partial charge < -0.3 is 10.6 Å². The van der Waals surface area contributed by atoms with Gasteiger partial charge in [-0.1, -0.05) is 13.3 Å². The van der Waals surface area contributed by atoms with Gasteiger partial charge in [0.1, 0.15) is 0 Å². The van der Waals surface area contributed by atoms with Crippen molar-refractivity contribution in [2.24, 2.45) is 11.7 Å². The molecule has 0 bridgehead atoms. The van der Waals surface area contributed by atoms with Crippen LogP contribution in [-0.2, 0) is 10.8 Å². The number of nitrogens with two attached hydrogens (primary N) is 1. The highest BCUT2D eigenvalue weighted by Crippen LogP contribution is 2.18. The summed E-state index contributed by atoms with van der Waals surface area (Å²) >= 11 is 0. The Morgan fingerprint density at radius 1 is 1.50 bits per heavy atom. The van der Waals surface area contributed by atoms with Crippen LogP contribution in [0.2, 0.25) is 0 Å². The Balaban J connectivity index is 2.20. The van der Waals surface area contributed by atoms with E-state index in [4.69, 9.17) is 5.73 Å².